The van der Waals surface area contributed by atoms with Gasteiger partial charge >= 0.3 is 0 Å². The van der Waals surface area contributed by atoms with Crippen LogP contribution in [-0.4, -0.2) is 15.8 Å². The molecule has 0 radical (unpaired) electrons. The standard InChI is InChI=1S/C16H10Cl2N2OS/c17-12-4-3-10(6-13(12)18)7-15(21)16-20-14(9-22-16)11-2-1-5-19-8-11/h1-6,8-9H,7H2. The molecule has 0 fully saturated rings. The predicted molar refractivity (Wildman–Crippen MR) is 89.8 cm³/mol. The van der Waals surface area contributed by atoms with Gasteiger partial charge in [-0.3, -0.25) is 9.78 Å². The van der Waals surface area contributed by atoms with Crippen LogP contribution in [0.25, 0.3) is 11.3 Å². The molecule has 0 saturated heterocycles. The molecule has 2 heterocycles. The van der Waals surface area contributed by atoms with Crippen LogP contribution in [0.3, 0.4) is 0 Å². The van der Waals surface area contributed by atoms with E-state index >= 15 is 0 Å². The fourth-order valence-corrected chi connectivity index (χ4v) is 3.05. The van der Waals surface area contributed by atoms with E-state index in [1.807, 2.05) is 17.5 Å². The lowest BCUT2D eigenvalue weighted by Gasteiger charge is -2.01. The topological polar surface area (TPSA) is 42.9 Å². The van der Waals surface area contributed by atoms with Crippen molar-refractivity contribution in [1.82, 2.24) is 9.97 Å². The van der Waals surface area contributed by atoms with Gasteiger partial charge in [0.15, 0.2) is 10.8 Å². The van der Waals surface area contributed by atoms with Crippen LogP contribution in [-0.2, 0) is 6.42 Å². The van der Waals surface area contributed by atoms with E-state index < -0.39 is 0 Å². The number of carbonyl (C=O) groups is 1. The minimum Gasteiger partial charge on any atom is -0.291 e. The Morgan fingerprint density at radius 2 is 2.05 bits per heavy atom. The van der Waals surface area contributed by atoms with Crippen LogP contribution in [0.4, 0.5) is 0 Å². The lowest BCUT2D eigenvalue weighted by Crippen LogP contribution is -2.03. The smallest absolute Gasteiger partial charge is 0.195 e. The summed E-state index contributed by atoms with van der Waals surface area (Å²) in [6.45, 7) is 0. The van der Waals surface area contributed by atoms with Crippen molar-refractivity contribution in [3.8, 4) is 11.3 Å². The zero-order chi connectivity index (χ0) is 15.5. The number of nitrogens with zero attached hydrogens (tertiary/aromatic N) is 2. The SMILES string of the molecule is O=C(Cc1ccc(Cl)c(Cl)c1)c1nc(-c2cccnc2)cs1. The highest BCUT2D eigenvalue weighted by atomic mass is 35.5. The molecular formula is C16H10Cl2N2OS. The minimum absolute atomic E-state index is 0.0430. The van der Waals surface area contributed by atoms with Crippen LogP contribution in [0.1, 0.15) is 15.4 Å². The first-order valence-electron chi connectivity index (χ1n) is 6.46. The van der Waals surface area contributed by atoms with Gasteiger partial charge in [0, 0.05) is 29.8 Å². The third-order valence-corrected chi connectivity index (χ3v) is 4.67. The molecule has 0 aliphatic carbocycles. The summed E-state index contributed by atoms with van der Waals surface area (Å²) in [6, 6.07) is 8.94. The van der Waals surface area contributed by atoms with Gasteiger partial charge in [0.05, 0.1) is 15.7 Å². The number of aromatic nitrogens is 2. The molecule has 0 amide bonds. The average Bonchev–Trinajstić information content (AvgIpc) is 3.02. The first-order valence-corrected chi connectivity index (χ1v) is 8.10. The van der Waals surface area contributed by atoms with Crippen LogP contribution in [0.2, 0.25) is 10.0 Å². The van der Waals surface area contributed by atoms with Crippen molar-refractivity contribution in [1.29, 1.82) is 0 Å². The summed E-state index contributed by atoms with van der Waals surface area (Å²) in [6.07, 6.45) is 3.67. The number of hydrogen-bond donors (Lipinski definition) is 0. The Labute approximate surface area is 141 Å². The number of carbonyl (C=O) groups excluding carboxylic acids is 1. The van der Waals surface area contributed by atoms with Crippen LogP contribution < -0.4 is 0 Å². The number of pyridine rings is 1. The first-order chi connectivity index (χ1) is 10.6. The summed E-state index contributed by atoms with van der Waals surface area (Å²) in [7, 11) is 0. The molecule has 1 aromatic carbocycles. The fourth-order valence-electron chi connectivity index (χ4n) is 1.96. The molecule has 0 N–H and O–H groups in total. The van der Waals surface area contributed by atoms with Crippen molar-refractivity contribution in [2.24, 2.45) is 0 Å². The van der Waals surface area contributed by atoms with Crippen molar-refractivity contribution in [3.05, 3.63) is 68.7 Å². The lowest BCUT2D eigenvalue weighted by molar-refractivity contribution is 0.0992. The second-order valence-electron chi connectivity index (χ2n) is 4.63. The maximum absolute atomic E-state index is 12.3. The van der Waals surface area contributed by atoms with Crippen LogP contribution in [0.5, 0.6) is 0 Å². The van der Waals surface area contributed by atoms with Crippen molar-refractivity contribution in [3.63, 3.8) is 0 Å². The molecule has 22 heavy (non-hydrogen) atoms. The summed E-state index contributed by atoms with van der Waals surface area (Å²) in [4.78, 5) is 20.8. The zero-order valence-electron chi connectivity index (χ0n) is 11.3. The number of halogens is 2. The van der Waals surface area contributed by atoms with Crippen LogP contribution in [0, 0.1) is 0 Å². The summed E-state index contributed by atoms with van der Waals surface area (Å²) in [5.74, 6) is -0.0430. The number of thiazole rings is 1. The second kappa shape index (κ2) is 6.57. The molecule has 3 aromatic rings. The van der Waals surface area contributed by atoms with Gasteiger partial charge in [0.1, 0.15) is 0 Å². The molecule has 3 nitrogen and oxygen atoms in total. The highest BCUT2D eigenvalue weighted by molar-refractivity contribution is 7.12. The van der Waals surface area contributed by atoms with E-state index in [9.17, 15) is 4.79 Å². The van der Waals surface area contributed by atoms with Gasteiger partial charge in [-0.05, 0) is 29.8 Å². The van der Waals surface area contributed by atoms with E-state index in [2.05, 4.69) is 9.97 Å². The molecule has 0 aliphatic heterocycles. The largest absolute Gasteiger partial charge is 0.291 e. The van der Waals surface area contributed by atoms with E-state index in [0.717, 1.165) is 16.8 Å². The number of rotatable bonds is 4. The second-order valence-corrected chi connectivity index (χ2v) is 6.30. The van der Waals surface area contributed by atoms with Gasteiger partial charge in [-0.1, -0.05) is 29.3 Å². The van der Waals surface area contributed by atoms with Gasteiger partial charge in [0.25, 0.3) is 0 Å². The lowest BCUT2D eigenvalue weighted by atomic mass is 10.1. The molecule has 0 aliphatic rings. The van der Waals surface area contributed by atoms with Crippen molar-refractivity contribution < 1.29 is 4.79 Å². The predicted octanol–water partition coefficient (Wildman–Crippen LogP) is 4.94. The number of benzene rings is 1. The normalized spacial score (nSPS) is 10.6. The maximum atomic E-state index is 12.3. The van der Waals surface area contributed by atoms with Gasteiger partial charge in [0.2, 0.25) is 0 Å². The van der Waals surface area contributed by atoms with Gasteiger partial charge in [-0.2, -0.15) is 0 Å². The molecule has 0 unspecified atom stereocenters. The van der Waals surface area contributed by atoms with Crippen molar-refractivity contribution in [2.75, 3.05) is 0 Å². The third kappa shape index (κ3) is 3.35. The Kier molecular flexibility index (Phi) is 4.52. The van der Waals surface area contributed by atoms with E-state index in [4.69, 9.17) is 23.2 Å². The molecule has 0 spiro atoms. The Bertz CT molecular complexity index is 818. The molecule has 6 heteroatoms. The molecular weight excluding hydrogens is 339 g/mol. The van der Waals surface area contributed by atoms with E-state index in [0.29, 0.717) is 15.1 Å². The Morgan fingerprint density at radius 1 is 1.18 bits per heavy atom. The monoisotopic (exact) mass is 348 g/mol. The van der Waals surface area contributed by atoms with Gasteiger partial charge < -0.3 is 0 Å². The summed E-state index contributed by atoms with van der Waals surface area (Å²) in [5, 5.41) is 3.26. The first kappa shape index (κ1) is 15.2. The molecule has 110 valence electrons. The summed E-state index contributed by atoms with van der Waals surface area (Å²) in [5.41, 5.74) is 2.47. The summed E-state index contributed by atoms with van der Waals surface area (Å²) >= 11 is 13.2. The quantitative estimate of drug-likeness (QED) is 0.627. The molecule has 0 bridgehead atoms. The number of ketones is 1. The molecule has 2 aromatic heterocycles. The Balaban J connectivity index is 1.78. The van der Waals surface area contributed by atoms with E-state index in [-0.39, 0.29) is 12.2 Å². The summed E-state index contributed by atoms with van der Waals surface area (Å²) < 4.78 is 0. The molecule has 3 rings (SSSR count). The highest BCUT2D eigenvalue weighted by Crippen LogP contribution is 2.25. The van der Waals surface area contributed by atoms with E-state index in [1.54, 1.807) is 30.6 Å². The highest BCUT2D eigenvalue weighted by Gasteiger charge is 2.13. The third-order valence-electron chi connectivity index (χ3n) is 3.05. The van der Waals surface area contributed by atoms with Gasteiger partial charge in [-0.25, -0.2) is 4.98 Å². The number of hydrogen-bond acceptors (Lipinski definition) is 4. The number of Topliss-reactive ketones (excluding diaryl/α,β-unsaturated/α-hetero) is 1. The Morgan fingerprint density at radius 3 is 2.77 bits per heavy atom. The zero-order valence-corrected chi connectivity index (χ0v) is 13.6. The van der Waals surface area contributed by atoms with Crippen LogP contribution in [0.15, 0.2) is 48.1 Å². The van der Waals surface area contributed by atoms with Gasteiger partial charge in [-0.15, -0.1) is 11.3 Å². The average molecular weight is 349 g/mol. The van der Waals surface area contributed by atoms with E-state index in [1.165, 1.54) is 11.3 Å². The Hall–Kier alpha value is -1.75. The molecule has 0 atom stereocenters. The van der Waals surface area contributed by atoms with Crippen LogP contribution >= 0.6 is 34.5 Å². The molecule has 0 saturated carbocycles. The maximum Gasteiger partial charge on any atom is 0.195 e. The van der Waals surface area contributed by atoms with Crippen molar-refractivity contribution >= 4 is 40.3 Å². The fraction of sp³-hybridized carbons (Fsp3) is 0.0625. The minimum atomic E-state index is -0.0430. The van der Waals surface area contributed by atoms with Crippen molar-refractivity contribution in [2.45, 2.75) is 6.42 Å².